The molecular formula is C21H13Br2FN2O2. The van der Waals surface area contributed by atoms with E-state index in [0.717, 1.165) is 39.8 Å². The summed E-state index contributed by atoms with van der Waals surface area (Å²) in [7, 11) is 0. The Morgan fingerprint density at radius 3 is 2.75 bits per heavy atom. The molecule has 0 bridgehead atoms. The van der Waals surface area contributed by atoms with Gasteiger partial charge in [0.2, 0.25) is 6.23 Å². The Hall–Kier alpha value is -2.12. The summed E-state index contributed by atoms with van der Waals surface area (Å²) in [6.07, 6.45) is 3.40. The number of halogens is 3. The second-order valence-electron chi connectivity index (χ2n) is 7.21. The Morgan fingerprint density at radius 1 is 1.07 bits per heavy atom. The Kier molecular flexibility index (Phi) is 3.56. The monoisotopic (exact) mass is 502 g/mol. The molecule has 3 heterocycles. The Balaban J connectivity index is 1.62. The molecule has 28 heavy (non-hydrogen) atoms. The zero-order valence-electron chi connectivity index (χ0n) is 14.5. The maximum absolute atomic E-state index is 14.9. The van der Waals surface area contributed by atoms with E-state index in [9.17, 15) is 4.39 Å². The van der Waals surface area contributed by atoms with E-state index in [2.05, 4.69) is 36.8 Å². The molecule has 0 saturated heterocycles. The first kappa shape index (κ1) is 16.8. The van der Waals surface area contributed by atoms with Crippen LogP contribution < -0.4 is 4.74 Å². The first-order valence-electron chi connectivity index (χ1n) is 9.00. The van der Waals surface area contributed by atoms with Crippen molar-refractivity contribution in [1.29, 1.82) is 0 Å². The van der Waals surface area contributed by atoms with Gasteiger partial charge in [-0.2, -0.15) is 0 Å². The van der Waals surface area contributed by atoms with E-state index < -0.39 is 6.23 Å². The lowest BCUT2D eigenvalue weighted by Gasteiger charge is -2.28. The van der Waals surface area contributed by atoms with Crippen LogP contribution in [0.25, 0.3) is 22.2 Å². The van der Waals surface area contributed by atoms with E-state index in [1.807, 2.05) is 28.8 Å². The van der Waals surface area contributed by atoms with Gasteiger partial charge < -0.3 is 9.15 Å². The first-order chi connectivity index (χ1) is 13.6. The summed E-state index contributed by atoms with van der Waals surface area (Å²) in [4.78, 5) is 4.45. The van der Waals surface area contributed by atoms with Crippen LogP contribution in [0.1, 0.15) is 36.6 Å². The zero-order chi connectivity index (χ0) is 19.0. The second-order valence-corrected chi connectivity index (χ2v) is 9.04. The number of fused-ring (bicyclic) bond motifs is 5. The largest absolute Gasteiger partial charge is 0.462 e. The van der Waals surface area contributed by atoms with Gasteiger partial charge in [-0.15, -0.1) is 0 Å². The average molecular weight is 504 g/mol. The summed E-state index contributed by atoms with van der Waals surface area (Å²) in [5, 5.41) is 0.995. The average Bonchev–Trinajstić information content (AvgIpc) is 3.26. The molecule has 0 radical (unpaired) electrons. The predicted octanol–water partition coefficient (Wildman–Crippen LogP) is 6.78. The van der Waals surface area contributed by atoms with E-state index in [4.69, 9.17) is 9.15 Å². The first-order valence-corrected chi connectivity index (χ1v) is 10.6. The summed E-state index contributed by atoms with van der Waals surface area (Å²) in [5.74, 6) is 1.94. The normalized spacial score (nSPS) is 18.0. The van der Waals surface area contributed by atoms with E-state index in [1.54, 1.807) is 12.3 Å². The minimum Gasteiger partial charge on any atom is -0.462 e. The van der Waals surface area contributed by atoms with Crippen molar-refractivity contribution in [2.45, 2.75) is 25.0 Å². The highest BCUT2D eigenvalue weighted by Crippen LogP contribution is 2.47. The third-order valence-electron chi connectivity index (χ3n) is 5.26. The number of rotatable bonds is 2. The molecule has 0 spiro atoms. The predicted molar refractivity (Wildman–Crippen MR) is 110 cm³/mol. The lowest BCUT2D eigenvalue weighted by atomic mass is 10.1. The van der Waals surface area contributed by atoms with Gasteiger partial charge in [0.05, 0.1) is 23.0 Å². The van der Waals surface area contributed by atoms with Gasteiger partial charge >= 0.3 is 0 Å². The lowest BCUT2D eigenvalue weighted by Crippen LogP contribution is -2.22. The van der Waals surface area contributed by atoms with Crippen molar-refractivity contribution >= 4 is 42.8 Å². The van der Waals surface area contributed by atoms with Crippen LogP contribution in [0.4, 0.5) is 4.39 Å². The molecule has 2 aliphatic rings. The molecule has 1 aliphatic carbocycles. The van der Waals surface area contributed by atoms with Crippen LogP contribution in [0.5, 0.6) is 5.75 Å². The molecule has 4 nitrogen and oxygen atoms in total. The molecule has 2 aromatic heterocycles. The molecule has 1 saturated carbocycles. The fraction of sp³-hybridized carbons (Fsp3) is 0.190. The van der Waals surface area contributed by atoms with Crippen LogP contribution in [0.3, 0.4) is 0 Å². The molecule has 7 heteroatoms. The van der Waals surface area contributed by atoms with E-state index in [-0.39, 0.29) is 5.82 Å². The molecule has 1 atom stereocenters. The number of hydrogen-bond donors (Lipinski definition) is 0. The third-order valence-corrected chi connectivity index (χ3v) is 6.21. The van der Waals surface area contributed by atoms with E-state index >= 15 is 0 Å². The Morgan fingerprint density at radius 2 is 1.93 bits per heavy atom. The highest BCUT2D eigenvalue weighted by atomic mass is 79.9. The van der Waals surface area contributed by atoms with Crippen molar-refractivity contribution in [3.8, 4) is 17.0 Å². The standard InChI is InChI=1S/C21H13Br2FN2O2/c22-12-3-4-15-11(5-12)6-16-19-14(24)7-13(23)8-17(19)28-21(26(15)16)18-9-25-20(27-18)10-1-2-10/h3-10,21H,1-2H2. The summed E-state index contributed by atoms with van der Waals surface area (Å²) in [5.41, 5.74) is 2.16. The molecule has 4 aromatic rings. The van der Waals surface area contributed by atoms with Crippen molar-refractivity contribution in [3.63, 3.8) is 0 Å². The SMILES string of the molecule is Fc1cc(Br)cc2c1-c1cc3cc(Br)ccc3n1C(c1cnc(C3CC3)o1)O2. The minimum atomic E-state index is -0.546. The molecule has 0 amide bonds. The van der Waals surface area contributed by atoms with Crippen LogP contribution in [0.15, 0.2) is 56.0 Å². The summed E-state index contributed by atoms with van der Waals surface area (Å²) in [6, 6.07) is 11.2. The highest BCUT2D eigenvalue weighted by Gasteiger charge is 2.35. The molecule has 2 aromatic carbocycles. The number of aromatic nitrogens is 2. The maximum atomic E-state index is 14.9. The molecule has 140 valence electrons. The van der Waals surface area contributed by atoms with Crippen molar-refractivity contribution in [1.82, 2.24) is 9.55 Å². The van der Waals surface area contributed by atoms with Gasteiger partial charge in [-0.3, -0.25) is 4.57 Å². The van der Waals surface area contributed by atoms with Crippen molar-refractivity contribution in [2.24, 2.45) is 0 Å². The van der Waals surface area contributed by atoms with Crippen LogP contribution in [0, 0.1) is 5.82 Å². The van der Waals surface area contributed by atoms with Crippen molar-refractivity contribution < 1.29 is 13.5 Å². The molecule has 1 aliphatic heterocycles. The Labute approximate surface area is 176 Å². The van der Waals surface area contributed by atoms with Gasteiger partial charge in [0.25, 0.3) is 0 Å². The minimum absolute atomic E-state index is 0.331. The molecular weight excluding hydrogens is 491 g/mol. The van der Waals surface area contributed by atoms with Gasteiger partial charge in [-0.25, -0.2) is 9.37 Å². The van der Waals surface area contributed by atoms with E-state index in [1.165, 1.54) is 6.07 Å². The summed E-state index contributed by atoms with van der Waals surface area (Å²) >= 11 is 6.88. The van der Waals surface area contributed by atoms with E-state index in [0.29, 0.717) is 27.5 Å². The summed E-state index contributed by atoms with van der Waals surface area (Å²) < 4.78 is 30.8. The van der Waals surface area contributed by atoms with Gasteiger partial charge in [0, 0.05) is 20.2 Å². The quantitative estimate of drug-likeness (QED) is 0.303. The van der Waals surface area contributed by atoms with Crippen molar-refractivity contribution in [2.75, 3.05) is 0 Å². The zero-order valence-corrected chi connectivity index (χ0v) is 17.6. The van der Waals surface area contributed by atoms with Crippen LogP contribution in [-0.2, 0) is 0 Å². The molecule has 1 fully saturated rings. The fourth-order valence-electron chi connectivity index (χ4n) is 3.84. The molecule has 0 N–H and O–H groups in total. The number of ether oxygens (including phenoxy) is 1. The van der Waals surface area contributed by atoms with Gasteiger partial charge in [-0.05, 0) is 49.2 Å². The van der Waals surface area contributed by atoms with Crippen LogP contribution in [0.2, 0.25) is 0 Å². The number of benzene rings is 2. The number of hydrogen-bond acceptors (Lipinski definition) is 3. The highest BCUT2D eigenvalue weighted by molar-refractivity contribution is 9.10. The second kappa shape index (κ2) is 5.94. The van der Waals surface area contributed by atoms with Gasteiger partial charge in [-0.1, -0.05) is 31.9 Å². The van der Waals surface area contributed by atoms with Gasteiger partial charge in [0.1, 0.15) is 11.6 Å². The number of oxazole rings is 1. The smallest absolute Gasteiger partial charge is 0.237 e. The number of nitrogens with zero attached hydrogens (tertiary/aromatic N) is 2. The summed E-state index contributed by atoms with van der Waals surface area (Å²) in [6.45, 7) is 0. The van der Waals surface area contributed by atoms with Crippen molar-refractivity contribution in [3.05, 3.63) is 69.0 Å². The topological polar surface area (TPSA) is 40.2 Å². The van der Waals surface area contributed by atoms with Gasteiger partial charge in [0.15, 0.2) is 11.7 Å². The van der Waals surface area contributed by atoms with Crippen LogP contribution in [-0.4, -0.2) is 9.55 Å². The van der Waals surface area contributed by atoms with Crippen LogP contribution >= 0.6 is 31.9 Å². The lowest BCUT2D eigenvalue weighted by molar-refractivity contribution is 0.143. The maximum Gasteiger partial charge on any atom is 0.237 e. The fourth-order valence-corrected chi connectivity index (χ4v) is 4.62. The molecule has 1 unspecified atom stereocenters. The third kappa shape index (κ3) is 2.49. The Bertz CT molecular complexity index is 1260. The molecule has 6 rings (SSSR count).